The summed E-state index contributed by atoms with van der Waals surface area (Å²) in [5.74, 6) is 0. The van der Waals surface area contributed by atoms with E-state index in [1.54, 1.807) is 0 Å². The van der Waals surface area contributed by atoms with Crippen LogP contribution < -0.4 is 31.1 Å². The molecule has 0 N–H and O–H groups in total. The molecule has 6 aliphatic rings. The number of hydrogen-bond acceptors (Lipinski definition) is 3. The van der Waals surface area contributed by atoms with Gasteiger partial charge in [0.05, 0.1) is 11.1 Å². The SMILES string of the molecule is CC12CCCCC1(C)N(c1cc3c4c(c1)N1c5c(cccc5C5(c6ccccc6)CCCCC15C)B4c1ccccc1N3c1ccccc1)c1ccc(-c3ccccc3)cc12. The lowest BCUT2D eigenvalue weighted by atomic mass is 9.33. The highest BCUT2D eigenvalue weighted by atomic mass is 15.3. The van der Waals surface area contributed by atoms with Gasteiger partial charge in [0.1, 0.15) is 0 Å². The van der Waals surface area contributed by atoms with E-state index in [2.05, 4.69) is 199 Å². The minimum atomic E-state index is -0.159. The number of fused-ring (bicyclic) bond motifs is 10. The quantitative estimate of drug-likeness (QED) is 0.164. The molecule has 4 atom stereocenters. The minimum Gasteiger partial charge on any atom is -0.335 e. The molecule has 4 heteroatoms. The third kappa shape index (κ3) is 4.41. The maximum atomic E-state index is 2.91. The summed E-state index contributed by atoms with van der Waals surface area (Å²) < 4.78 is 0. The third-order valence-electron chi connectivity index (χ3n) is 17.1. The molecule has 0 radical (unpaired) electrons. The van der Waals surface area contributed by atoms with Gasteiger partial charge in [0.15, 0.2) is 0 Å². The molecule has 2 saturated carbocycles. The average Bonchev–Trinajstić information content (AvgIpc) is 3.68. The first kappa shape index (κ1) is 35.7. The lowest BCUT2D eigenvalue weighted by molar-refractivity contribution is 0.195. The molecule has 4 unspecified atom stereocenters. The minimum absolute atomic E-state index is 0.00200. The molecule has 3 nitrogen and oxygen atoms in total. The van der Waals surface area contributed by atoms with Gasteiger partial charge < -0.3 is 14.7 Å². The molecule has 4 heterocycles. The van der Waals surface area contributed by atoms with Crippen molar-refractivity contribution < 1.29 is 0 Å². The molecule has 61 heavy (non-hydrogen) atoms. The Hall–Kier alpha value is -6.00. The normalized spacial score (nSPS) is 26.2. The number of benzene rings is 7. The second kappa shape index (κ2) is 12.5. The Morgan fingerprint density at radius 1 is 0.443 bits per heavy atom. The topological polar surface area (TPSA) is 9.72 Å². The molecule has 0 bridgehead atoms. The van der Waals surface area contributed by atoms with Crippen LogP contribution in [-0.4, -0.2) is 17.8 Å². The van der Waals surface area contributed by atoms with Gasteiger partial charge in [-0.3, -0.25) is 0 Å². The zero-order chi connectivity index (χ0) is 40.7. The maximum Gasteiger partial charge on any atom is 0.252 e. The fourth-order valence-corrected chi connectivity index (χ4v) is 14.2. The van der Waals surface area contributed by atoms with Gasteiger partial charge in [-0.25, -0.2) is 0 Å². The molecule has 0 saturated heterocycles. The zero-order valence-corrected chi connectivity index (χ0v) is 35.7. The fraction of sp³-hybridized carbons (Fsp3) is 0.263. The predicted octanol–water partition coefficient (Wildman–Crippen LogP) is 12.5. The van der Waals surface area contributed by atoms with Gasteiger partial charge >= 0.3 is 0 Å². The van der Waals surface area contributed by atoms with Crippen molar-refractivity contribution in [3.8, 4) is 11.1 Å². The van der Waals surface area contributed by atoms with E-state index in [-0.39, 0.29) is 28.6 Å². The van der Waals surface area contributed by atoms with Crippen LogP contribution in [0.1, 0.15) is 88.8 Å². The standard InChI is InChI=1S/C57H52BN3/c1-54-32-15-16-33-55(54,2)60(48-31-30-40(36-45(48)54)39-20-7-4-8-21-39)43-37-50-52-51(38-43)61-53-44(57(41-22-9-5-10-23-41)35-18-17-34-56(57,61)3)26-19-28-47(53)58(52)46-27-13-14-29-49(46)59(50)42-24-11-6-12-25-42/h4-14,19-31,36-38H,15-18,32-35H2,1-3H3. The molecule has 0 aromatic heterocycles. The predicted molar refractivity (Wildman–Crippen MR) is 257 cm³/mol. The number of para-hydroxylation sites is 3. The van der Waals surface area contributed by atoms with Gasteiger partial charge in [-0.15, -0.1) is 0 Å². The molecule has 7 aromatic rings. The first-order valence-corrected chi connectivity index (χ1v) is 23.0. The molecule has 13 rings (SSSR count). The monoisotopic (exact) mass is 789 g/mol. The smallest absolute Gasteiger partial charge is 0.252 e. The van der Waals surface area contributed by atoms with Gasteiger partial charge in [0.2, 0.25) is 0 Å². The average molecular weight is 790 g/mol. The van der Waals surface area contributed by atoms with E-state index < -0.39 is 0 Å². The van der Waals surface area contributed by atoms with Crippen LogP contribution in [0.5, 0.6) is 0 Å². The first-order chi connectivity index (χ1) is 29.9. The number of hydrogen-bond donors (Lipinski definition) is 0. The first-order valence-electron chi connectivity index (χ1n) is 23.0. The Labute approximate surface area is 361 Å². The van der Waals surface area contributed by atoms with Crippen molar-refractivity contribution in [2.75, 3.05) is 14.7 Å². The van der Waals surface area contributed by atoms with Crippen molar-refractivity contribution >= 4 is 62.9 Å². The zero-order valence-electron chi connectivity index (χ0n) is 35.7. The highest BCUT2D eigenvalue weighted by Gasteiger charge is 2.64. The van der Waals surface area contributed by atoms with Crippen LogP contribution in [0.25, 0.3) is 11.1 Å². The van der Waals surface area contributed by atoms with Crippen LogP contribution in [0.3, 0.4) is 0 Å². The molecular formula is C57H52BN3. The van der Waals surface area contributed by atoms with Crippen molar-refractivity contribution in [3.63, 3.8) is 0 Å². The van der Waals surface area contributed by atoms with Gasteiger partial charge in [-0.05, 0) is 126 Å². The number of nitrogens with zero attached hydrogens (tertiary/aromatic N) is 3. The van der Waals surface area contributed by atoms with E-state index in [4.69, 9.17) is 0 Å². The molecular weight excluding hydrogens is 737 g/mol. The fourth-order valence-electron chi connectivity index (χ4n) is 14.2. The summed E-state index contributed by atoms with van der Waals surface area (Å²) in [4.78, 5) is 8.35. The van der Waals surface area contributed by atoms with Crippen LogP contribution >= 0.6 is 0 Å². The van der Waals surface area contributed by atoms with Crippen molar-refractivity contribution in [2.24, 2.45) is 0 Å². The Morgan fingerprint density at radius 3 is 1.90 bits per heavy atom. The van der Waals surface area contributed by atoms with Crippen LogP contribution in [0.15, 0.2) is 164 Å². The van der Waals surface area contributed by atoms with Crippen LogP contribution in [0, 0.1) is 0 Å². The molecule has 2 fully saturated rings. The Morgan fingerprint density at radius 2 is 1.10 bits per heavy atom. The van der Waals surface area contributed by atoms with Crippen LogP contribution in [0.2, 0.25) is 0 Å². The van der Waals surface area contributed by atoms with Crippen molar-refractivity contribution in [3.05, 3.63) is 180 Å². The van der Waals surface area contributed by atoms with Crippen LogP contribution in [0.4, 0.5) is 39.8 Å². The summed E-state index contributed by atoms with van der Waals surface area (Å²) in [6.07, 6.45) is 9.61. The maximum absolute atomic E-state index is 2.91. The van der Waals surface area contributed by atoms with Crippen molar-refractivity contribution in [1.82, 2.24) is 0 Å². The van der Waals surface area contributed by atoms with E-state index in [0.29, 0.717) is 0 Å². The summed E-state index contributed by atoms with van der Waals surface area (Å²) in [6, 6.07) is 63.1. The molecule has 0 spiro atoms. The second-order valence-corrected chi connectivity index (χ2v) is 19.6. The van der Waals surface area contributed by atoms with Gasteiger partial charge in [-0.1, -0.05) is 154 Å². The van der Waals surface area contributed by atoms with Crippen molar-refractivity contribution in [1.29, 1.82) is 0 Å². The summed E-state index contributed by atoms with van der Waals surface area (Å²) in [5.41, 5.74) is 20.3. The summed E-state index contributed by atoms with van der Waals surface area (Å²) in [6.45, 7) is 7.93. The summed E-state index contributed by atoms with van der Waals surface area (Å²) >= 11 is 0. The molecule has 4 aliphatic heterocycles. The van der Waals surface area contributed by atoms with E-state index in [9.17, 15) is 0 Å². The van der Waals surface area contributed by atoms with Gasteiger partial charge in [0, 0.05) is 50.6 Å². The van der Waals surface area contributed by atoms with E-state index in [0.717, 1.165) is 19.3 Å². The summed E-state index contributed by atoms with van der Waals surface area (Å²) in [7, 11) is 0. The lowest BCUT2D eigenvalue weighted by Gasteiger charge is -2.54. The molecule has 7 aromatic carbocycles. The molecule has 298 valence electrons. The number of rotatable bonds is 4. The Balaban J connectivity index is 1.13. The summed E-state index contributed by atoms with van der Waals surface area (Å²) in [5, 5.41) is 0. The van der Waals surface area contributed by atoms with E-state index in [1.165, 1.54) is 116 Å². The van der Waals surface area contributed by atoms with Gasteiger partial charge in [-0.2, -0.15) is 0 Å². The number of anilines is 7. The highest BCUT2D eigenvalue weighted by molar-refractivity contribution is 7.00. The highest BCUT2D eigenvalue weighted by Crippen LogP contribution is 2.66. The molecule has 0 amide bonds. The van der Waals surface area contributed by atoms with Crippen LogP contribution in [-0.2, 0) is 10.8 Å². The second-order valence-electron chi connectivity index (χ2n) is 19.6. The third-order valence-corrected chi connectivity index (χ3v) is 17.1. The van der Waals surface area contributed by atoms with Crippen molar-refractivity contribution in [2.45, 2.75) is 94.0 Å². The van der Waals surface area contributed by atoms with Gasteiger partial charge in [0.25, 0.3) is 6.71 Å². The molecule has 2 aliphatic carbocycles. The Bertz CT molecular complexity index is 2910. The lowest BCUT2D eigenvalue weighted by Crippen LogP contribution is -2.65. The van der Waals surface area contributed by atoms with E-state index >= 15 is 0 Å². The largest absolute Gasteiger partial charge is 0.335 e. The Kier molecular flexibility index (Phi) is 7.34. The van der Waals surface area contributed by atoms with E-state index in [1.807, 2.05) is 0 Å².